The van der Waals surface area contributed by atoms with E-state index >= 15 is 0 Å². The number of fused-ring (bicyclic) bond motifs is 3. The summed E-state index contributed by atoms with van der Waals surface area (Å²) in [6, 6.07) is -5.34. The van der Waals surface area contributed by atoms with Gasteiger partial charge >= 0.3 is 6.03 Å². The number of sulfone groups is 1. The smallest absolute Gasteiger partial charge is 0.315 e. The van der Waals surface area contributed by atoms with Gasteiger partial charge in [-0.25, -0.2) is 13.2 Å². The predicted molar refractivity (Wildman–Crippen MR) is 199 cm³/mol. The zero-order valence-corrected chi connectivity index (χ0v) is 33.7. The monoisotopic (exact) mass is 776 g/mol. The van der Waals surface area contributed by atoms with Crippen molar-refractivity contribution in [2.75, 3.05) is 24.6 Å². The lowest BCUT2D eigenvalue weighted by molar-refractivity contribution is -0.153. The maximum atomic E-state index is 14.5. The number of imide groups is 1. The normalized spacial score (nSPS) is 30.7. The highest BCUT2D eigenvalue weighted by molar-refractivity contribution is 7.91. The fourth-order valence-electron chi connectivity index (χ4n) is 8.39. The maximum Gasteiger partial charge on any atom is 0.315 e. The average Bonchev–Trinajstić information content (AvgIpc) is 3.89. The molecule has 5 aliphatic rings. The van der Waals surface area contributed by atoms with E-state index in [-0.39, 0.29) is 73.2 Å². The Labute approximate surface area is 319 Å². The molecule has 0 aromatic rings. The van der Waals surface area contributed by atoms with Crippen LogP contribution in [0.15, 0.2) is 0 Å². The zero-order valence-electron chi connectivity index (χ0n) is 32.9. The number of Topliss-reactive ketones (excluding diaryl/α,β-unsaturated/α-hetero) is 1. The molecule has 54 heavy (non-hydrogen) atoms. The summed E-state index contributed by atoms with van der Waals surface area (Å²) in [4.78, 5) is 97.0. The number of hydrogen-bond acceptors (Lipinski definition) is 9. The van der Waals surface area contributed by atoms with Crippen LogP contribution in [-0.4, -0.2) is 114 Å². The minimum absolute atomic E-state index is 0.0435. The van der Waals surface area contributed by atoms with Crippen LogP contribution in [0.4, 0.5) is 4.79 Å². The second kappa shape index (κ2) is 15.5. The third-order valence-electron chi connectivity index (χ3n) is 12.1. The van der Waals surface area contributed by atoms with Crippen LogP contribution in [0.25, 0.3) is 0 Å². The molecule has 4 N–H and O–H groups in total. The molecule has 16 heteroatoms. The van der Waals surface area contributed by atoms with E-state index in [1.165, 1.54) is 4.90 Å². The van der Waals surface area contributed by atoms with Gasteiger partial charge in [0.05, 0.1) is 23.6 Å². The second-order valence-electron chi connectivity index (χ2n) is 18.7. The highest BCUT2D eigenvalue weighted by Crippen LogP contribution is 2.65. The van der Waals surface area contributed by atoms with Gasteiger partial charge in [0.15, 0.2) is 9.84 Å². The number of hydrogen-bond donors (Lipinski definition) is 4. The first-order valence-corrected chi connectivity index (χ1v) is 21.4. The van der Waals surface area contributed by atoms with E-state index < -0.39 is 80.1 Å². The van der Waals surface area contributed by atoms with E-state index in [4.69, 9.17) is 0 Å². The van der Waals surface area contributed by atoms with Crippen LogP contribution in [-0.2, 0) is 38.6 Å². The fraction of sp³-hybridized carbons (Fsp3) is 0.816. The highest BCUT2D eigenvalue weighted by atomic mass is 32.2. The van der Waals surface area contributed by atoms with Gasteiger partial charge in [-0.1, -0.05) is 74.1 Å². The van der Waals surface area contributed by atoms with E-state index in [1.807, 2.05) is 48.5 Å². The number of nitrogens with zero attached hydrogens (tertiary/aromatic N) is 2. The molecule has 7 amide bonds. The molecule has 6 atom stereocenters. The average molecular weight is 777 g/mol. The standard InChI is InChI=1S/C38H60N6O9S/c1-36(2,3)26(20-43-27(45)17-37(4,5)18-28(43)46)42-35(51)41-25-21-54(52,53)16-12-10-8-9-11-13-24(31(47)33(49)39-22-14-15-22)40-32(48)30-29-23(38(29,6)7)19-44(30)34(25)50/h22-26,29-30H,8-21H2,1-7H3,(H,39,49)(H,40,48)(H2,41,42,51)/t23-,24+,25+,26+,29-,30-/m0/s1. The zero-order chi connectivity index (χ0) is 40.0. The molecule has 0 unspecified atom stereocenters. The summed E-state index contributed by atoms with van der Waals surface area (Å²) in [5.74, 6) is -4.76. The van der Waals surface area contributed by atoms with Gasteiger partial charge in [-0.15, -0.1) is 0 Å². The Hall–Kier alpha value is -3.56. The van der Waals surface area contributed by atoms with Gasteiger partial charge in [-0.05, 0) is 53.8 Å². The molecule has 0 radical (unpaired) electrons. The van der Waals surface area contributed by atoms with Crippen molar-refractivity contribution in [2.45, 2.75) is 143 Å². The van der Waals surface area contributed by atoms with Crippen molar-refractivity contribution < 1.29 is 42.0 Å². The maximum absolute atomic E-state index is 14.5. The third-order valence-corrected chi connectivity index (χ3v) is 13.8. The number of carbonyl (C=O) groups excluding carboxylic acids is 7. The Kier molecular flexibility index (Phi) is 12.0. The third kappa shape index (κ3) is 9.81. The minimum atomic E-state index is -3.86. The Morgan fingerprint density at radius 2 is 1.50 bits per heavy atom. The van der Waals surface area contributed by atoms with Crippen LogP contribution in [0.1, 0.15) is 113 Å². The number of rotatable bonds is 7. The Morgan fingerprint density at radius 1 is 0.889 bits per heavy atom. The molecule has 3 saturated heterocycles. The summed E-state index contributed by atoms with van der Waals surface area (Å²) in [7, 11) is -3.86. The first-order chi connectivity index (χ1) is 25.0. The van der Waals surface area contributed by atoms with Crippen molar-refractivity contribution in [1.82, 2.24) is 31.1 Å². The summed E-state index contributed by atoms with van der Waals surface area (Å²) < 4.78 is 27.0. The van der Waals surface area contributed by atoms with Crippen molar-refractivity contribution in [1.29, 1.82) is 0 Å². The van der Waals surface area contributed by atoms with Gasteiger partial charge in [0, 0.05) is 32.0 Å². The summed E-state index contributed by atoms with van der Waals surface area (Å²) in [6.07, 6.45) is 4.95. The molecule has 0 bridgehead atoms. The van der Waals surface area contributed by atoms with Gasteiger partial charge in [0.25, 0.3) is 5.91 Å². The van der Waals surface area contributed by atoms with E-state index in [2.05, 4.69) is 21.3 Å². The quantitative estimate of drug-likeness (QED) is 0.219. The lowest BCUT2D eigenvalue weighted by Crippen LogP contribution is -2.62. The van der Waals surface area contributed by atoms with Crippen LogP contribution < -0.4 is 21.3 Å². The van der Waals surface area contributed by atoms with Crippen LogP contribution in [0.3, 0.4) is 0 Å². The van der Waals surface area contributed by atoms with Crippen LogP contribution in [0, 0.1) is 28.1 Å². The molecule has 2 saturated carbocycles. The lowest BCUT2D eigenvalue weighted by Gasteiger charge is -2.40. The Morgan fingerprint density at radius 3 is 2.11 bits per heavy atom. The molecule has 302 valence electrons. The summed E-state index contributed by atoms with van der Waals surface area (Å²) >= 11 is 0. The Bertz CT molecular complexity index is 1630. The van der Waals surface area contributed by atoms with Gasteiger partial charge in [-0.2, -0.15) is 0 Å². The van der Waals surface area contributed by atoms with E-state index in [0.717, 1.165) is 17.7 Å². The number of likely N-dealkylation sites (tertiary alicyclic amines) is 1. The molecule has 3 heterocycles. The first kappa shape index (κ1) is 41.6. The predicted octanol–water partition coefficient (Wildman–Crippen LogP) is 1.83. The van der Waals surface area contributed by atoms with E-state index in [9.17, 15) is 42.0 Å². The molecule has 5 fully saturated rings. The minimum Gasteiger partial charge on any atom is -0.347 e. The van der Waals surface area contributed by atoms with Crippen molar-refractivity contribution in [2.24, 2.45) is 28.1 Å². The van der Waals surface area contributed by atoms with Crippen molar-refractivity contribution in [3.63, 3.8) is 0 Å². The largest absolute Gasteiger partial charge is 0.347 e. The molecule has 0 aromatic heterocycles. The molecule has 0 aromatic carbocycles. The molecule has 3 aliphatic heterocycles. The van der Waals surface area contributed by atoms with Crippen LogP contribution in [0.5, 0.6) is 0 Å². The lowest BCUT2D eigenvalue weighted by atomic mass is 9.80. The summed E-state index contributed by atoms with van der Waals surface area (Å²) in [6.45, 7) is 13.2. The van der Waals surface area contributed by atoms with Gasteiger partial charge < -0.3 is 26.2 Å². The molecule has 0 spiro atoms. The van der Waals surface area contributed by atoms with Gasteiger partial charge in [0.1, 0.15) is 12.1 Å². The topological polar surface area (TPSA) is 208 Å². The number of amides is 7. The summed E-state index contributed by atoms with van der Waals surface area (Å²) in [5, 5.41) is 10.9. The van der Waals surface area contributed by atoms with Gasteiger partial charge in [-0.3, -0.25) is 33.7 Å². The SMILES string of the molecule is CC1(C)CC(=O)N(C[C@@H](NC(=O)N[C@@H]2CS(=O)(=O)CCCCCCC[C@H](C(=O)C(=O)NC3CC3)NC(=O)[C@@H]3[C@@H]4[C@H](CN3C2=O)C4(C)C)C(C)(C)C)C(=O)C1. The molecular formula is C38H60N6O9S. The highest BCUT2D eigenvalue weighted by Gasteiger charge is 2.69. The van der Waals surface area contributed by atoms with E-state index in [1.54, 1.807) is 0 Å². The fourth-order valence-corrected chi connectivity index (χ4v) is 9.93. The molecule has 5 rings (SSSR count). The molecular weight excluding hydrogens is 717 g/mol. The van der Waals surface area contributed by atoms with Crippen LogP contribution in [0.2, 0.25) is 0 Å². The number of urea groups is 1. The first-order valence-electron chi connectivity index (χ1n) is 19.6. The van der Waals surface area contributed by atoms with E-state index in [0.29, 0.717) is 32.1 Å². The number of carbonyl (C=O) groups is 7. The number of piperidine rings is 2. The Balaban J connectivity index is 1.39. The number of ketones is 1. The molecule has 15 nitrogen and oxygen atoms in total. The van der Waals surface area contributed by atoms with Crippen molar-refractivity contribution >= 4 is 51.2 Å². The van der Waals surface area contributed by atoms with Crippen molar-refractivity contribution in [3.05, 3.63) is 0 Å². The van der Waals surface area contributed by atoms with Crippen LogP contribution >= 0.6 is 0 Å². The second-order valence-corrected chi connectivity index (χ2v) is 21.0. The van der Waals surface area contributed by atoms with Gasteiger partial charge in [0.2, 0.25) is 29.4 Å². The summed E-state index contributed by atoms with van der Waals surface area (Å²) in [5.41, 5.74) is -1.45. The molecule has 2 aliphatic carbocycles. The number of nitrogens with one attached hydrogen (secondary N) is 4. The van der Waals surface area contributed by atoms with Crippen molar-refractivity contribution in [3.8, 4) is 0 Å².